The molecule has 4 nitrogen and oxygen atoms in total. The van der Waals surface area contributed by atoms with E-state index in [2.05, 4.69) is 0 Å². The van der Waals surface area contributed by atoms with E-state index < -0.39 is 0 Å². The average Bonchev–Trinajstić information content (AvgIpc) is 1.88. The molecule has 0 aromatic heterocycles. The molecule has 2 unspecified atom stereocenters. The van der Waals surface area contributed by atoms with Crippen LogP contribution in [0.15, 0.2) is 0 Å². The molecule has 0 spiro atoms. The first-order valence-corrected chi connectivity index (χ1v) is 4.86. The fraction of sp³-hybridized carbons (Fsp3) is 0.833. The van der Waals surface area contributed by atoms with E-state index in [1.165, 1.54) is 0 Å². The van der Waals surface area contributed by atoms with E-state index >= 15 is 0 Å². The Hall–Kier alpha value is -0.180. The Morgan fingerprint density at radius 2 is 2.09 bits per heavy atom. The van der Waals surface area contributed by atoms with Gasteiger partial charge >= 0.3 is 6.09 Å². The van der Waals surface area contributed by atoms with Crippen LogP contribution in [0.25, 0.3) is 0 Å². The fourth-order valence-corrected chi connectivity index (χ4v) is 0.768. The standard InChI is InChI=1S/C6H16N2O2P/c1-5(2)8(3,7)6(9)10-11-4/h5,11H,7H2,1-4H3/q+1. The second kappa shape index (κ2) is 4.00. The van der Waals surface area contributed by atoms with Crippen LogP contribution >= 0.6 is 8.81 Å². The molecule has 66 valence electrons. The lowest BCUT2D eigenvalue weighted by Gasteiger charge is -2.27. The summed E-state index contributed by atoms with van der Waals surface area (Å²) < 4.78 is 4.60. The van der Waals surface area contributed by atoms with Gasteiger partial charge in [0.25, 0.3) is 0 Å². The van der Waals surface area contributed by atoms with E-state index in [0.717, 1.165) is 0 Å². The molecule has 5 heteroatoms. The highest BCUT2D eigenvalue weighted by Crippen LogP contribution is 2.12. The normalized spacial score (nSPS) is 17.3. The van der Waals surface area contributed by atoms with Crippen molar-refractivity contribution in [1.29, 1.82) is 0 Å². The van der Waals surface area contributed by atoms with Gasteiger partial charge in [-0.15, -0.1) is 4.59 Å². The second-order valence-corrected chi connectivity index (χ2v) is 3.43. The molecule has 0 heterocycles. The van der Waals surface area contributed by atoms with E-state index in [1.54, 1.807) is 13.7 Å². The minimum atomic E-state index is -0.374. The van der Waals surface area contributed by atoms with Crippen molar-refractivity contribution in [2.24, 2.45) is 5.84 Å². The van der Waals surface area contributed by atoms with Crippen molar-refractivity contribution in [2.45, 2.75) is 19.9 Å². The van der Waals surface area contributed by atoms with E-state index in [1.807, 2.05) is 13.8 Å². The lowest BCUT2D eigenvalue weighted by atomic mass is 10.3. The molecular weight excluding hydrogens is 163 g/mol. The molecule has 0 aromatic carbocycles. The van der Waals surface area contributed by atoms with Crippen molar-refractivity contribution < 1.29 is 13.9 Å². The van der Waals surface area contributed by atoms with Crippen LogP contribution in [-0.2, 0) is 4.52 Å². The van der Waals surface area contributed by atoms with Crippen LogP contribution in [0.2, 0.25) is 0 Å². The monoisotopic (exact) mass is 179 g/mol. The van der Waals surface area contributed by atoms with Gasteiger partial charge in [0.05, 0.1) is 15.9 Å². The number of hydrogen-bond donors (Lipinski definition) is 1. The Balaban J connectivity index is 4.18. The van der Waals surface area contributed by atoms with Crippen molar-refractivity contribution >= 4 is 14.9 Å². The lowest BCUT2D eigenvalue weighted by molar-refractivity contribution is -0.869. The Kier molecular flexibility index (Phi) is 3.93. The van der Waals surface area contributed by atoms with Gasteiger partial charge < -0.3 is 4.52 Å². The molecule has 0 aliphatic heterocycles. The van der Waals surface area contributed by atoms with Gasteiger partial charge in [0, 0.05) is 0 Å². The van der Waals surface area contributed by atoms with Crippen LogP contribution < -0.4 is 5.84 Å². The molecule has 0 radical (unpaired) electrons. The van der Waals surface area contributed by atoms with Crippen LogP contribution in [0.1, 0.15) is 13.8 Å². The Labute approximate surface area is 69.1 Å². The first kappa shape index (κ1) is 10.8. The maximum atomic E-state index is 11.1. The number of rotatable bonds is 2. The van der Waals surface area contributed by atoms with Gasteiger partial charge in [0.2, 0.25) is 0 Å². The predicted octanol–water partition coefficient (Wildman–Crippen LogP) is 1.08. The molecule has 0 aliphatic carbocycles. The molecule has 11 heavy (non-hydrogen) atoms. The van der Waals surface area contributed by atoms with Gasteiger partial charge in [-0.05, 0) is 20.5 Å². The zero-order valence-electron chi connectivity index (χ0n) is 7.42. The Morgan fingerprint density at radius 3 is 2.36 bits per heavy atom. The molecular formula is C6H16N2O2P+. The third kappa shape index (κ3) is 2.73. The second-order valence-electron chi connectivity index (χ2n) is 2.81. The minimum absolute atomic E-state index is 0.0406. The smallest absolute Gasteiger partial charge is 0.402 e. The molecule has 0 saturated carbocycles. The first-order valence-electron chi connectivity index (χ1n) is 3.45. The number of hydrogen-bond acceptors (Lipinski definition) is 3. The molecule has 0 bridgehead atoms. The summed E-state index contributed by atoms with van der Waals surface area (Å²) >= 11 is 0. The highest BCUT2D eigenvalue weighted by molar-refractivity contribution is 7.31. The zero-order valence-corrected chi connectivity index (χ0v) is 8.42. The number of carbonyl (C=O) groups excluding carboxylic acids is 1. The van der Waals surface area contributed by atoms with Gasteiger partial charge in [0.15, 0.2) is 0 Å². The van der Waals surface area contributed by atoms with Crippen LogP contribution in [0, 0.1) is 0 Å². The zero-order chi connectivity index (χ0) is 9.07. The van der Waals surface area contributed by atoms with Gasteiger partial charge in [-0.1, -0.05) is 0 Å². The molecule has 2 N–H and O–H groups in total. The van der Waals surface area contributed by atoms with Crippen molar-refractivity contribution in [2.75, 3.05) is 13.7 Å². The van der Waals surface area contributed by atoms with Gasteiger partial charge in [-0.25, -0.2) is 0 Å². The summed E-state index contributed by atoms with van der Waals surface area (Å²) in [7, 11) is 1.79. The molecule has 2 atom stereocenters. The quantitative estimate of drug-likeness (QED) is 0.227. The van der Waals surface area contributed by atoms with Gasteiger partial charge in [0.1, 0.15) is 6.04 Å². The minimum Gasteiger partial charge on any atom is -0.402 e. The van der Waals surface area contributed by atoms with E-state index in [4.69, 9.17) is 10.4 Å². The lowest BCUT2D eigenvalue weighted by Crippen LogP contribution is -2.59. The molecule has 0 fully saturated rings. The molecule has 0 aromatic rings. The van der Waals surface area contributed by atoms with E-state index in [0.29, 0.717) is 0 Å². The third-order valence-electron chi connectivity index (χ3n) is 1.66. The van der Waals surface area contributed by atoms with Gasteiger partial charge in [-0.3, -0.25) is 0 Å². The first-order chi connectivity index (χ1) is 4.92. The van der Waals surface area contributed by atoms with Crippen LogP contribution in [0.3, 0.4) is 0 Å². The summed E-state index contributed by atoms with van der Waals surface area (Å²) in [5, 5.41) is 0. The number of nitrogens with two attached hydrogens (primary N) is 1. The maximum absolute atomic E-state index is 11.1. The molecule has 1 amide bonds. The van der Waals surface area contributed by atoms with E-state index in [9.17, 15) is 4.79 Å². The highest BCUT2D eigenvalue weighted by Gasteiger charge is 2.33. The Bertz CT molecular complexity index is 148. The fourth-order valence-electron chi connectivity index (χ4n) is 0.396. The van der Waals surface area contributed by atoms with Crippen molar-refractivity contribution in [3.63, 3.8) is 0 Å². The van der Waals surface area contributed by atoms with Gasteiger partial charge in [-0.2, -0.15) is 10.6 Å². The third-order valence-corrected chi connectivity index (χ3v) is 2.03. The summed E-state index contributed by atoms with van der Waals surface area (Å²) in [5.74, 6) is 5.66. The number of carbonyl (C=O) groups is 1. The van der Waals surface area contributed by atoms with Crippen LogP contribution in [0.4, 0.5) is 4.79 Å². The molecule has 0 rings (SSSR count). The topological polar surface area (TPSA) is 52.3 Å². The highest BCUT2D eigenvalue weighted by atomic mass is 31.1. The molecule has 0 saturated heterocycles. The summed E-state index contributed by atoms with van der Waals surface area (Å²) in [6, 6.07) is 0.0406. The SMILES string of the molecule is CPOC(=O)[N+](C)(N)C(C)C. The van der Waals surface area contributed by atoms with Crippen molar-refractivity contribution in [3.8, 4) is 0 Å². The number of quaternary nitrogens is 1. The van der Waals surface area contributed by atoms with Crippen LogP contribution in [0.5, 0.6) is 0 Å². The summed E-state index contributed by atoms with van der Waals surface area (Å²) in [6.07, 6.45) is -0.374. The van der Waals surface area contributed by atoms with Crippen LogP contribution in [-0.4, -0.2) is 30.4 Å². The Morgan fingerprint density at radius 1 is 1.64 bits per heavy atom. The average molecular weight is 179 g/mol. The number of amides is 1. The van der Waals surface area contributed by atoms with Crippen molar-refractivity contribution in [3.05, 3.63) is 0 Å². The largest absolute Gasteiger partial charge is 0.538 e. The van der Waals surface area contributed by atoms with E-state index in [-0.39, 0.29) is 25.5 Å². The summed E-state index contributed by atoms with van der Waals surface area (Å²) in [5.41, 5.74) is 0. The summed E-state index contributed by atoms with van der Waals surface area (Å²) in [4.78, 5) is 11.1. The number of nitrogens with zero attached hydrogens (tertiary/aromatic N) is 1. The molecule has 0 aliphatic rings. The van der Waals surface area contributed by atoms with Crippen molar-refractivity contribution in [1.82, 2.24) is 0 Å². The predicted molar refractivity (Wildman–Crippen MR) is 46.2 cm³/mol. The maximum Gasteiger partial charge on any atom is 0.538 e. The summed E-state index contributed by atoms with van der Waals surface area (Å²) in [6.45, 7) is 5.54.